The molecule has 0 fully saturated rings. The zero-order chi connectivity index (χ0) is 19.4. The lowest BCUT2D eigenvalue weighted by Gasteiger charge is -2.03. The predicted molar refractivity (Wildman–Crippen MR) is 109 cm³/mol. The quantitative estimate of drug-likeness (QED) is 0.260. The van der Waals surface area contributed by atoms with Crippen molar-refractivity contribution in [1.82, 2.24) is 14.9 Å². The first-order valence-corrected chi connectivity index (χ1v) is 8.71. The Balaban J connectivity index is 1.90. The topological polar surface area (TPSA) is 89.1 Å². The standard InChI is InChI=1S/C17H11Cl2N5O2S/c18-12-7-8-13(14(19)10-12)16-21-22-17(27)23(16)20-9-3-5-11-4-1-2-6-15(11)24(25)26/h1-10H,(H,22,27). The molecule has 2 aromatic carbocycles. The molecule has 27 heavy (non-hydrogen) atoms. The summed E-state index contributed by atoms with van der Waals surface area (Å²) in [4.78, 5) is 10.6. The normalized spacial score (nSPS) is 11.5. The van der Waals surface area contributed by atoms with Gasteiger partial charge in [0.2, 0.25) is 4.77 Å². The molecule has 1 heterocycles. The van der Waals surface area contributed by atoms with Crippen molar-refractivity contribution in [1.29, 1.82) is 0 Å². The van der Waals surface area contributed by atoms with Gasteiger partial charge < -0.3 is 0 Å². The molecule has 0 radical (unpaired) electrons. The summed E-state index contributed by atoms with van der Waals surface area (Å²) in [5.41, 5.74) is 1.08. The van der Waals surface area contributed by atoms with E-state index in [9.17, 15) is 10.1 Å². The van der Waals surface area contributed by atoms with Crippen LogP contribution in [0.1, 0.15) is 5.56 Å². The van der Waals surface area contributed by atoms with Gasteiger partial charge in [0.15, 0.2) is 5.82 Å². The zero-order valence-corrected chi connectivity index (χ0v) is 15.9. The van der Waals surface area contributed by atoms with Crippen LogP contribution in [-0.4, -0.2) is 26.0 Å². The number of nitrogens with zero attached hydrogens (tertiary/aromatic N) is 4. The van der Waals surface area contributed by atoms with Crippen LogP contribution < -0.4 is 0 Å². The highest BCUT2D eigenvalue weighted by Crippen LogP contribution is 2.29. The summed E-state index contributed by atoms with van der Waals surface area (Å²) in [7, 11) is 0. The van der Waals surface area contributed by atoms with Crippen molar-refractivity contribution in [3.05, 3.63) is 79.0 Å². The van der Waals surface area contributed by atoms with Crippen molar-refractivity contribution < 1.29 is 4.92 Å². The molecule has 0 saturated heterocycles. The highest BCUT2D eigenvalue weighted by molar-refractivity contribution is 7.71. The van der Waals surface area contributed by atoms with Crippen molar-refractivity contribution in [3.63, 3.8) is 0 Å². The minimum absolute atomic E-state index is 0.00991. The van der Waals surface area contributed by atoms with Crippen molar-refractivity contribution in [2.75, 3.05) is 0 Å². The van der Waals surface area contributed by atoms with Crippen molar-refractivity contribution >= 4 is 53.4 Å². The van der Waals surface area contributed by atoms with Crippen LogP contribution in [0.15, 0.2) is 53.6 Å². The first-order valence-electron chi connectivity index (χ1n) is 7.54. The molecule has 136 valence electrons. The molecule has 0 aliphatic heterocycles. The number of hydrogen-bond donors (Lipinski definition) is 1. The van der Waals surface area contributed by atoms with E-state index in [-0.39, 0.29) is 10.5 Å². The van der Waals surface area contributed by atoms with Crippen LogP contribution in [0.3, 0.4) is 0 Å². The fourth-order valence-corrected chi connectivity index (χ4v) is 2.96. The van der Waals surface area contributed by atoms with E-state index in [1.54, 1.807) is 48.6 Å². The second kappa shape index (κ2) is 8.26. The molecule has 3 rings (SSSR count). The molecule has 0 unspecified atom stereocenters. The fraction of sp³-hybridized carbons (Fsp3) is 0. The maximum Gasteiger partial charge on any atom is 0.276 e. The first kappa shape index (κ1) is 19.0. The number of para-hydroxylation sites is 1. The number of halogens is 2. The van der Waals surface area contributed by atoms with Crippen molar-refractivity contribution in [2.45, 2.75) is 0 Å². The van der Waals surface area contributed by atoms with Crippen LogP contribution >= 0.6 is 35.4 Å². The van der Waals surface area contributed by atoms with E-state index in [2.05, 4.69) is 15.3 Å². The molecule has 0 saturated carbocycles. The highest BCUT2D eigenvalue weighted by atomic mass is 35.5. The molecule has 0 bridgehead atoms. The summed E-state index contributed by atoms with van der Waals surface area (Å²) in [6.45, 7) is 0. The second-order valence-electron chi connectivity index (χ2n) is 5.23. The van der Waals surface area contributed by atoms with Gasteiger partial charge >= 0.3 is 0 Å². The van der Waals surface area contributed by atoms with E-state index in [0.717, 1.165) is 0 Å². The molecule has 0 amide bonds. The minimum Gasteiger partial charge on any atom is -0.258 e. The van der Waals surface area contributed by atoms with Crippen LogP contribution in [0, 0.1) is 14.9 Å². The average Bonchev–Trinajstić information content (AvgIpc) is 2.99. The third-order valence-corrected chi connectivity index (χ3v) is 4.31. The maximum absolute atomic E-state index is 11.0. The number of rotatable bonds is 5. The minimum atomic E-state index is -0.441. The third kappa shape index (κ3) is 4.30. The molecular formula is C17H11Cl2N5O2S. The number of nitrogens with one attached hydrogen (secondary N) is 1. The SMILES string of the molecule is O=[N+]([O-])c1ccccc1C=CC=Nn1c(-c2ccc(Cl)cc2Cl)n[nH]c1=S. The Morgan fingerprint density at radius 1 is 1.26 bits per heavy atom. The summed E-state index contributed by atoms with van der Waals surface area (Å²) in [6.07, 6.45) is 4.61. The Labute approximate surface area is 168 Å². The number of benzene rings is 2. The molecule has 1 aromatic heterocycles. The highest BCUT2D eigenvalue weighted by Gasteiger charge is 2.12. The van der Waals surface area contributed by atoms with E-state index in [1.165, 1.54) is 17.0 Å². The molecule has 1 N–H and O–H groups in total. The molecule has 0 aliphatic rings. The fourth-order valence-electron chi connectivity index (χ4n) is 2.29. The van der Waals surface area contributed by atoms with Gasteiger partial charge in [-0.15, -0.1) is 0 Å². The molecule has 0 aliphatic carbocycles. The largest absolute Gasteiger partial charge is 0.276 e. The van der Waals surface area contributed by atoms with Crippen LogP contribution in [0.2, 0.25) is 10.0 Å². The lowest BCUT2D eigenvalue weighted by molar-refractivity contribution is -0.385. The van der Waals surface area contributed by atoms with E-state index >= 15 is 0 Å². The number of nitro benzene ring substituents is 1. The lowest BCUT2D eigenvalue weighted by atomic mass is 10.2. The smallest absolute Gasteiger partial charge is 0.258 e. The van der Waals surface area contributed by atoms with E-state index in [4.69, 9.17) is 35.4 Å². The van der Waals surface area contributed by atoms with E-state index < -0.39 is 4.92 Å². The summed E-state index contributed by atoms with van der Waals surface area (Å²) >= 11 is 17.3. The van der Waals surface area contributed by atoms with Gasteiger partial charge in [0.25, 0.3) is 5.69 Å². The van der Waals surface area contributed by atoms with Crippen LogP contribution in [0.5, 0.6) is 0 Å². The Morgan fingerprint density at radius 2 is 2.04 bits per heavy atom. The van der Waals surface area contributed by atoms with Gasteiger partial charge in [0, 0.05) is 22.9 Å². The van der Waals surface area contributed by atoms with Gasteiger partial charge in [-0.3, -0.25) is 10.1 Å². The summed E-state index contributed by atoms with van der Waals surface area (Å²) in [6, 6.07) is 11.4. The van der Waals surface area contributed by atoms with Crippen LogP contribution in [0.25, 0.3) is 17.5 Å². The average molecular weight is 420 g/mol. The summed E-state index contributed by atoms with van der Waals surface area (Å²) in [5, 5.41) is 23.0. The first-order chi connectivity index (χ1) is 13.0. The summed E-state index contributed by atoms with van der Waals surface area (Å²) in [5.74, 6) is 0.414. The van der Waals surface area contributed by atoms with E-state index in [1.807, 2.05) is 0 Å². The summed E-state index contributed by atoms with van der Waals surface area (Å²) < 4.78 is 1.67. The number of nitro groups is 1. The number of aromatic nitrogens is 3. The Hall–Kier alpha value is -2.81. The van der Waals surface area contributed by atoms with E-state index in [0.29, 0.717) is 27.0 Å². The lowest BCUT2D eigenvalue weighted by Crippen LogP contribution is -1.94. The zero-order valence-electron chi connectivity index (χ0n) is 13.5. The molecule has 7 nitrogen and oxygen atoms in total. The van der Waals surface area contributed by atoms with Gasteiger partial charge in [-0.1, -0.05) is 35.3 Å². The van der Waals surface area contributed by atoms with Crippen molar-refractivity contribution in [2.24, 2.45) is 5.10 Å². The number of allylic oxidation sites excluding steroid dienone is 1. The molecule has 0 spiro atoms. The Kier molecular flexibility index (Phi) is 5.80. The second-order valence-corrected chi connectivity index (χ2v) is 6.46. The molecule has 0 atom stereocenters. The van der Waals surface area contributed by atoms with Crippen molar-refractivity contribution in [3.8, 4) is 11.4 Å². The number of H-pyrrole nitrogens is 1. The number of aromatic amines is 1. The molecule has 10 heteroatoms. The van der Waals surface area contributed by atoms with Crippen LogP contribution in [0.4, 0.5) is 5.69 Å². The van der Waals surface area contributed by atoms with Gasteiger partial charge in [0.05, 0.1) is 15.5 Å². The predicted octanol–water partition coefficient (Wildman–Crippen LogP) is 5.37. The maximum atomic E-state index is 11.0. The molecular weight excluding hydrogens is 409 g/mol. The van der Waals surface area contributed by atoms with Gasteiger partial charge in [-0.05, 0) is 48.6 Å². The van der Waals surface area contributed by atoms with Gasteiger partial charge in [0.1, 0.15) is 0 Å². The Morgan fingerprint density at radius 3 is 2.78 bits per heavy atom. The van der Waals surface area contributed by atoms with Gasteiger partial charge in [-0.2, -0.15) is 14.9 Å². The number of hydrogen-bond acceptors (Lipinski definition) is 5. The molecule has 3 aromatic rings. The Bertz CT molecular complexity index is 1120. The van der Waals surface area contributed by atoms with Gasteiger partial charge in [-0.25, -0.2) is 5.10 Å². The third-order valence-electron chi connectivity index (χ3n) is 3.50. The van der Waals surface area contributed by atoms with Crippen LogP contribution in [-0.2, 0) is 0 Å². The monoisotopic (exact) mass is 419 g/mol.